The van der Waals surface area contributed by atoms with E-state index in [1.165, 1.54) is 0 Å². The number of aliphatic hydroxyl groups is 1. The summed E-state index contributed by atoms with van der Waals surface area (Å²) in [4.78, 5) is 1.76. The number of nitrogens with zero attached hydrogens (tertiary/aromatic N) is 1. The lowest BCUT2D eigenvalue weighted by Crippen LogP contribution is -2.36. The minimum absolute atomic E-state index is 0.111. The molecule has 0 radical (unpaired) electrons. The van der Waals surface area contributed by atoms with Crippen molar-refractivity contribution in [3.8, 4) is 0 Å². The van der Waals surface area contributed by atoms with Gasteiger partial charge >= 0.3 is 0 Å². The van der Waals surface area contributed by atoms with E-state index in [1.54, 1.807) is 19.1 Å². The van der Waals surface area contributed by atoms with Crippen LogP contribution in [0.5, 0.6) is 0 Å². The summed E-state index contributed by atoms with van der Waals surface area (Å²) in [5.41, 5.74) is 0. The van der Waals surface area contributed by atoms with E-state index in [2.05, 4.69) is 0 Å². The molecule has 0 aliphatic carbocycles. The van der Waals surface area contributed by atoms with Crippen molar-refractivity contribution in [3.63, 3.8) is 0 Å². The lowest BCUT2D eigenvalue weighted by Gasteiger charge is -2.23. The van der Waals surface area contributed by atoms with Crippen molar-refractivity contribution in [2.24, 2.45) is 0 Å². The van der Waals surface area contributed by atoms with E-state index in [0.29, 0.717) is 6.54 Å². The van der Waals surface area contributed by atoms with Crippen LogP contribution in [0.2, 0.25) is 0 Å². The van der Waals surface area contributed by atoms with Crippen LogP contribution in [0.3, 0.4) is 0 Å². The Balaban J connectivity index is 3.53. The molecule has 0 saturated carbocycles. The quantitative estimate of drug-likeness (QED) is 0.534. The highest BCUT2D eigenvalue weighted by Crippen LogP contribution is 1.95. The molecule has 0 heterocycles. The zero-order valence-corrected chi connectivity index (χ0v) is 6.70. The molecule has 0 atom stereocenters. The van der Waals surface area contributed by atoms with E-state index in [-0.39, 0.29) is 13.0 Å². The van der Waals surface area contributed by atoms with Gasteiger partial charge in [0.2, 0.25) is 6.41 Å². The summed E-state index contributed by atoms with van der Waals surface area (Å²) in [5.74, 6) is 0. The second-order valence-corrected chi connectivity index (χ2v) is 1.98. The first kappa shape index (κ1) is 9.84. The number of aliphatic hydroxyl groups excluding tert-OH is 1. The maximum Gasteiger partial charge on any atom is 0.217 e. The van der Waals surface area contributed by atoms with Crippen molar-refractivity contribution >= 4 is 0 Å². The predicted octanol–water partition coefficient (Wildman–Crippen LogP) is -0.513. The van der Waals surface area contributed by atoms with Crippen LogP contribution in [0, 0.1) is 0 Å². The van der Waals surface area contributed by atoms with Crippen LogP contribution in [0.15, 0.2) is 0 Å². The molecular weight excluding hydrogens is 134 g/mol. The summed E-state index contributed by atoms with van der Waals surface area (Å²) >= 11 is 0. The van der Waals surface area contributed by atoms with Gasteiger partial charge in [-0.3, -0.25) is 4.90 Å². The molecule has 0 spiro atoms. The first-order valence-electron chi connectivity index (χ1n) is 3.13. The molecular formula is C6H15NO3. The smallest absolute Gasteiger partial charge is 0.217 e. The molecule has 0 aliphatic heterocycles. The fraction of sp³-hybridized carbons (Fsp3) is 1.00. The number of methoxy groups -OCH3 is 2. The fourth-order valence-electron chi connectivity index (χ4n) is 0.719. The molecule has 4 heteroatoms. The molecule has 0 bridgehead atoms. The third-order valence-electron chi connectivity index (χ3n) is 1.22. The SMILES string of the molecule is COC(OC)N(C)CCO. The van der Waals surface area contributed by atoms with Gasteiger partial charge in [0.05, 0.1) is 6.61 Å². The first-order valence-corrected chi connectivity index (χ1v) is 3.13. The number of likely N-dealkylation sites (N-methyl/N-ethyl adjacent to an activating group) is 1. The Hall–Kier alpha value is -0.160. The Morgan fingerprint density at radius 1 is 1.40 bits per heavy atom. The molecule has 0 amide bonds. The summed E-state index contributed by atoms with van der Waals surface area (Å²) in [5, 5.41) is 8.52. The highest BCUT2D eigenvalue weighted by Gasteiger charge is 2.10. The van der Waals surface area contributed by atoms with Crippen LogP contribution < -0.4 is 0 Å². The van der Waals surface area contributed by atoms with Gasteiger partial charge in [0.15, 0.2) is 0 Å². The average Bonchev–Trinajstić information content (AvgIpc) is 1.91. The lowest BCUT2D eigenvalue weighted by molar-refractivity contribution is -0.189. The van der Waals surface area contributed by atoms with Crippen LogP contribution in [-0.2, 0) is 9.47 Å². The second-order valence-electron chi connectivity index (χ2n) is 1.98. The van der Waals surface area contributed by atoms with Crippen molar-refractivity contribution in [3.05, 3.63) is 0 Å². The Labute approximate surface area is 61.3 Å². The molecule has 0 saturated heterocycles. The van der Waals surface area contributed by atoms with Gasteiger partial charge in [0.1, 0.15) is 0 Å². The third kappa shape index (κ3) is 3.12. The van der Waals surface area contributed by atoms with Gasteiger partial charge < -0.3 is 14.6 Å². The standard InChI is InChI=1S/C6H15NO3/c1-7(4-5-8)6(9-2)10-3/h6,8H,4-5H2,1-3H3. The van der Waals surface area contributed by atoms with Crippen LogP contribution >= 0.6 is 0 Å². The third-order valence-corrected chi connectivity index (χ3v) is 1.22. The highest BCUT2D eigenvalue weighted by molar-refractivity contribution is 4.45. The predicted molar refractivity (Wildman–Crippen MR) is 37.5 cm³/mol. The largest absolute Gasteiger partial charge is 0.395 e. The molecule has 62 valence electrons. The van der Waals surface area contributed by atoms with Crippen LogP contribution in [0.4, 0.5) is 0 Å². The van der Waals surface area contributed by atoms with Crippen LogP contribution in [-0.4, -0.2) is 50.8 Å². The molecule has 4 nitrogen and oxygen atoms in total. The molecule has 0 aromatic carbocycles. The zero-order valence-electron chi connectivity index (χ0n) is 6.70. The second kappa shape index (κ2) is 5.61. The maximum atomic E-state index is 8.52. The van der Waals surface area contributed by atoms with E-state index < -0.39 is 0 Å². The minimum Gasteiger partial charge on any atom is -0.395 e. The van der Waals surface area contributed by atoms with Crippen molar-refractivity contribution in [2.75, 3.05) is 34.4 Å². The molecule has 0 rings (SSSR count). The number of hydrogen-bond donors (Lipinski definition) is 1. The maximum absolute atomic E-state index is 8.52. The summed E-state index contributed by atoms with van der Waals surface area (Å²) in [6.45, 7) is 0.659. The molecule has 10 heavy (non-hydrogen) atoms. The van der Waals surface area contributed by atoms with Crippen LogP contribution in [0.1, 0.15) is 0 Å². The van der Waals surface area contributed by atoms with Gasteiger partial charge in [-0.05, 0) is 7.05 Å². The topological polar surface area (TPSA) is 41.9 Å². The van der Waals surface area contributed by atoms with Crippen molar-refractivity contribution < 1.29 is 14.6 Å². The lowest BCUT2D eigenvalue weighted by atomic mass is 10.6. The van der Waals surface area contributed by atoms with E-state index in [0.717, 1.165) is 0 Å². The molecule has 0 aliphatic rings. The molecule has 1 N–H and O–H groups in total. The zero-order chi connectivity index (χ0) is 7.98. The Kier molecular flexibility index (Phi) is 5.52. The normalized spacial score (nSPS) is 11.4. The molecule has 0 fully saturated rings. The average molecular weight is 149 g/mol. The monoisotopic (exact) mass is 149 g/mol. The summed E-state index contributed by atoms with van der Waals surface area (Å²) in [6.07, 6.45) is -0.354. The summed E-state index contributed by atoms with van der Waals surface area (Å²) in [6, 6.07) is 0. The Bertz CT molecular complexity index is 75.4. The molecule has 0 unspecified atom stereocenters. The van der Waals surface area contributed by atoms with Gasteiger partial charge in [0, 0.05) is 20.8 Å². The molecule has 0 aromatic rings. The van der Waals surface area contributed by atoms with Crippen molar-refractivity contribution in [1.29, 1.82) is 0 Å². The Morgan fingerprint density at radius 3 is 2.20 bits per heavy atom. The van der Waals surface area contributed by atoms with E-state index in [4.69, 9.17) is 14.6 Å². The molecule has 0 aromatic heterocycles. The van der Waals surface area contributed by atoms with Gasteiger partial charge in [-0.1, -0.05) is 0 Å². The van der Waals surface area contributed by atoms with E-state index in [9.17, 15) is 0 Å². The van der Waals surface area contributed by atoms with Crippen LogP contribution in [0.25, 0.3) is 0 Å². The van der Waals surface area contributed by atoms with E-state index in [1.807, 2.05) is 7.05 Å². The summed E-state index contributed by atoms with van der Waals surface area (Å²) in [7, 11) is 4.93. The van der Waals surface area contributed by atoms with Gasteiger partial charge in [-0.2, -0.15) is 0 Å². The number of rotatable bonds is 5. The minimum atomic E-state index is -0.354. The summed E-state index contributed by atoms with van der Waals surface area (Å²) < 4.78 is 9.81. The number of hydrogen-bond acceptors (Lipinski definition) is 4. The van der Waals surface area contributed by atoms with Gasteiger partial charge in [0.25, 0.3) is 0 Å². The van der Waals surface area contributed by atoms with Crippen molar-refractivity contribution in [2.45, 2.75) is 6.41 Å². The number of ether oxygens (including phenoxy) is 2. The highest BCUT2D eigenvalue weighted by atomic mass is 16.7. The van der Waals surface area contributed by atoms with Crippen molar-refractivity contribution in [1.82, 2.24) is 4.90 Å². The van der Waals surface area contributed by atoms with E-state index >= 15 is 0 Å². The Morgan fingerprint density at radius 2 is 1.90 bits per heavy atom. The van der Waals surface area contributed by atoms with Gasteiger partial charge in [-0.25, -0.2) is 0 Å². The fourth-order valence-corrected chi connectivity index (χ4v) is 0.719. The first-order chi connectivity index (χ1) is 4.76. The van der Waals surface area contributed by atoms with Gasteiger partial charge in [-0.15, -0.1) is 0 Å².